The smallest absolute Gasteiger partial charge is 0.326 e. The molecule has 0 aliphatic heterocycles. The monoisotopic (exact) mass is 526 g/mol. The molecule has 0 spiro atoms. The first-order chi connectivity index (χ1) is 18.1. The van der Waals surface area contributed by atoms with Crippen molar-refractivity contribution >= 4 is 40.5 Å². The van der Waals surface area contributed by atoms with Gasteiger partial charge in [0, 0.05) is 48.3 Å². The molecule has 2 heterocycles. The van der Waals surface area contributed by atoms with Crippen molar-refractivity contribution in [2.45, 2.75) is 43.8 Å². The first-order valence-electron chi connectivity index (χ1n) is 11.8. The Morgan fingerprint density at radius 1 is 1.00 bits per heavy atom. The zero-order chi connectivity index (χ0) is 27.7. The maximum Gasteiger partial charge on any atom is 0.326 e. The summed E-state index contributed by atoms with van der Waals surface area (Å²) in [6.45, 7) is -0.556. The van der Waals surface area contributed by atoms with E-state index in [0.717, 1.165) is 10.9 Å². The number of carbonyl (C=O) groups is 5. The number of nitrogens with zero attached hydrogens (tertiary/aromatic N) is 1. The molecule has 0 aliphatic rings. The Kier molecular flexibility index (Phi) is 9.54. The van der Waals surface area contributed by atoms with Gasteiger partial charge in [-0.1, -0.05) is 18.2 Å². The van der Waals surface area contributed by atoms with Gasteiger partial charge < -0.3 is 42.5 Å². The van der Waals surface area contributed by atoms with E-state index in [1.165, 1.54) is 12.5 Å². The quantitative estimate of drug-likeness (QED) is 0.122. The topological polar surface area (TPSA) is 238 Å². The number of rotatable bonds is 14. The zero-order valence-electron chi connectivity index (χ0n) is 20.4. The molecule has 3 atom stereocenters. The lowest BCUT2D eigenvalue weighted by Gasteiger charge is -2.20. The van der Waals surface area contributed by atoms with Gasteiger partial charge in [-0.3, -0.25) is 19.2 Å². The number of nitrogens with one attached hydrogen (secondary N) is 5. The summed E-state index contributed by atoms with van der Waals surface area (Å²) < 4.78 is 0. The average molecular weight is 527 g/mol. The molecule has 3 aromatic rings. The van der Waals surface area contributed by atoms with Crippen LogP contribution in [0.2, 0.25) is 0 Å². The van der Waals surface area contributed by atoms with Crippen molar-refractivity contribution in [3.8, 4) is 0 Å². The Morgan fingerprint density at radius 2 is 1.76 bits per heavy atom. The molecule has 14 nitrogen and oxygen atoms in total. The van der Waals surface area contributed by atoms with E-state index >= 15 is 0 Å². The Morgan fingerprint density at radius 3 is 2.45 bits per heavy atom. The van der Waals surface area contributed by atoms with Gasteiger partial charge in [-0.25, -0.2) is 9.78 Å². The van der Waals surface area contributed by atoms with Gasteiger partial charge in [-0.05, 0) is 18.1 Å². The number of amides is 4. The van der Waals surface area contributed by atoms with E-state index in [1.54, 1.807) is 6.20 Å². The summed E-state index contributed by atoms with van der Waals surface area (Å²) in [4.78, 5) is 70.4. The number of H-pyrrole nitrogens is 2. The van der Waals surface area contributed by atoms with Crippen LogP contribution in [0.25, 0.3) is 10.9 Å². The largest absolute Gasteiger partial charge is 0.480 e. The number of nitrogens with two attached hydrogens (primary N) is 2. The van der Waals surface area contributed by atoms with Crippen LogP contribution >= 0.6 is 0 Å². The molecule has 0 radical (unpaired) electrons. The zero-order valence-corrected chi connectivity index (χ0v) is 20.4. The van der Waals surface area contributed by atoms with Crippen molar-refractivity contribution in [1.29, 1.82) is 0 Å². The van der Waals surface area contributed by atoms with Crippen LogP contribution in [0.1, 0.15) is 24.1 Å². The van der Waals surface area contributed by atoms with Crippen LogP contribution in [-0.4, -0.2) is 74.3 Å². The number of primary amides is 1. The number of hydrogen-bond acceptors (Lipinski definition) is 7. The molecule has 3 unspecified atom stereocenters. The molecule has 0 fully saturated rings. The number of aromatic amines is 2. The molecule has 10 N–H and O–H groups in total. The minimum atomic E-state index is -1.25. The van der Waals surface area contributed by atoms with Crippen LogP contribution in [-0.2, 0) is 36.8 Å². The molecule has 0 aliphatic carbocycles. The number of carboxylic acids is 1. The summed E-state index contributed by atoms with van der Waals surface area (Å²) in [6, 6.07) is 3.89. The number of hydrogen-bond donors (Lipinski definition) is 8. The van der Waals surface area contributed by atoms with Crippen molar-refractivity contribution in [3.05, 3.63) is 54.2 Å². The van der Waals surface area contributed by atoms with Crippen molar-refractivity contribution in [2.24, 2.45) is 11.5 Å². The summed E-state index contributed by atoms with van der Waals surface area (Å²) in [5.74, 6) is -4.09. The third-order valence-electron chi connectivity index (χ3n) is 5.80. The molecule has 3 rings (SSSR count). The van der Waals surface area contributed by atoms with Crippen molar-refractivity contribution in [1.82, 2.24) is 30.9 Å². The number of carboxylic acid groups (broad SMARTS) is 1. The second-order valence-corrected chi connectivity index (χ2v) is 8.69. The molecule has 38 heavy (non-hydrogen) atoms. The number of carbonyl (C=O) groups excluding carboxylic acids is 4. The average Bonchev–Trinajstić information content (AvgIpc) is 3.54. The molecule has 0 saturated carbocycles. The summed E-state index contributed by atoms with van der Waals surface area (Å²) in [6.07, 6.45) is 4.44. The molecule has 0 saturated heterocycles. The van der Waals surface area contributed by atoms with E-state index in [2.05, 4.69) is 30.9 Å². The second kappa shape index (κ2) is 13.0. The van der Waals surface area contributed by atoms with Gasteiger partial charge in [-0.2, -0.15) is 0 Å². The van der Waals surface area contributed by atoms with E-state index in [4.69, 9.17) is 11.5 Å². The minimum Gasteiger partial charge on any atom is -0.480 e. The molecule has 0 bridgehead atoms. The number of imidazole rings is 1. The Hall–Kier alpha value is -4.72. The third-order valence-corrected chi connectivity index (χ3v) is 5.80. The van der Waals surface area contributed by atoms with Gasteiger partial charge in [0.1, 0.15) is 12.1 Å². The molecular formula is C24H30N8O6. The number of aromatic nitrogens is 3. The SMILES string of the molecule is NC(=O)CCC(NC(=O)C(N)Cc1cnc[nH]1)C(=O)NCC(=O)NC(Cc1c[nH]c2ccccc12)C(=O)O. The fourth-order valence-corrected chi connectivity index (χ4v) is 3.82. The lowest BCUT2D eigenvalue weighted by atomic mass is 10.0. The molecule has 2 aromatic heterocycles. The van der Waals surface area contributed by atoms with Gasteiger partial charge in [0.2, 0.25) is 23.6 Å². The number of para-hydroxylation sites is 1. The first-order valence-corrected chi connectivity index (χ1v) is 11.8. The maximum atomic E-state index is 12.7. The summed E-state index contributed by atoms with van der Waals surface area (Å²) in [5, 5.41) is 17.6. The fourth-order valence-electron chi connectivity index (χ4n) is 3.82. The lowest BCUT2D eigenvalue weighted by molar-refractivity contribution is -0.141. The highest BCUT2D eigenvalue weighted by Gasteiger charge is 2.26. The molecule has 1 aromatic carbocycles. The van der Waals surface area contributed by atoms with Crippen molar-refractivity contribution < 1.29 is 29.1 Å². The molecule has 14 heteroatoms. The lowest BCUT2D eigenvalue weighted by Crippen LogP contribution is -2.54. The van der Waals surface area contributed by atoms with Crippen LogP contribution in [0.4, 0.5) is 0 Å². The van der Waals surface area contributed by atoms with Gasteiger partial charge in [0.15, 0.2) is 0 Å². The van der Waals surface area contributed by atoms with Crippen LogP contribution in [0.15, 0.2) is 43.0 Å². The number of benzene rings is 1. The Bertz CT molecular complexity index is 1290. The predicted molar refractivity (Wildman–Crippen MR) is 135 cm³/mol. The Balaban J connectivity index is 1.56. The second-order valence-electron chi connectivity index (χ2n) is 8.69. The first kappa shape index (κ1) is 27.9. The van der Waals surface area contributed by atoms with E-state index in [0.29, 0.717) is 11.3 Å². The highest BCUT2D eigenvalue weighted by molar-refractivity contribution is 5.93. The summed E-state index contributed by atoms with van der Waals surface area (Å²) in [5.41, 5.74) is 13.2. The van der Waals surface area contributed by atoms with Crippen LogP contribution in [0.3, 0.4) is 0 Å². The molecular weight excluding hydrogens is 496 g/mol. The normalized spacial score (nSPS) is 13.3. The molecule has 202 valence electrons. The van der Waals surface area contributed by atoms with Crippen LogP contribution < -0.4 is 27.4 Å². The maximum absolute atomic E-state index is 12.7. The van der Waals surface area contributed by atoms with Crippen molar-refractivity contribution in [3.63, 3.8) is 0 Å². The molecule has 4 amide bonds. The van der Waals surface area contributed by atoms with E-state index in [-0.39, 0.29) is 25.7 Å². The standard InChI is InChI=1S/C24H30N8O6/c25-16(8-14-10-27-12-30-14)22(35)32-18(5-6-20(26)33)23(36)29-11-21(34)31-19(24(37)38)7-13-9-28-17-4-2-1-3-15(13)17/h1-4,9-10,12,16,18-19,28H,5-8,11,25H2,(H2,26,33)(H,27,30)(H,29,36)(H,31,34)(H,32,35)(H,37,38). The third kappa shape index (κ3) is 7.89. The van der Waals surface area contributed by atoms with Crippen LogP contribution in [0.5, 0.6) is 0 Å². The van der Waals surface area contributed by atoms with E-state index in [1.807, 2.05) is 24.3 Å². The summed E-state index contributed by atoms with van der Waals surface area (Å²) in [7, 11) is 0. The van der Waals surface area contributed by atoms with Gasteiger partial charge in [0.25, 0.3) is 0 Å². The van der Waals surface area contributed by atoms with Gasteiger partial charge >= 0.3 is 5.97 Å². The Labute approximate surface area is 216 Å². The predicted octanol–water partition coefficient (Wildman–Crippen LogP) is -1.56. The number of aliphatic carboxylic acids is 1. The van der Waals surface area contributed by atoms with Crippen LogP contribution in [0, 0.1) is 0 Å². The van der Waals surface area contributed by atoms with Gasteiger partial charge in [0.05, 0.1) is 18.9 Å². The summed E-state index contributed by atoms with van der Waals surface area (Å²) >= 11 is 0. The van der Waals surface area contributed by atoms with Crippen molar-refractivity contribution in [2.75, 3.05) is 6.54 Å². The van der Waals surface area contributed by atoms with E-state index < -0.39 is 54.3 Å². The number of fused-ring (bicyclic) bond motifs is 1. The van der Waals surface area contributed by atoms with Gasteiger partial charge in [-0.15, -0.1) is 0 Å². The minimum absolute atomic E-state index is 0.0184. The van der Waals surface area contributed by atoms with E-state index in [9.17, 15) is 29.1 Å². The fraction of sp³-hybridized carbons (Fsp3) is 0.333. The highest BCUT2D eigenvalue weighted by Crippen LogP contribution is 2.19. The highest BCUT2D eigenvalue weighted by atomic mass is 16.4.